The molecule has 0 spiro atoms. The maximum absolute atomic E-state index is 6.22. The molecule has 0 aromatic rings. The van der Waals surface area contributed by atoms with Crippen LogP contribution in [0.5, 0.6) is 0 Å². The molecule has 0 heterocycles. The third-order valence-electron chi connectivity index (χ3n) is 3.35. The van der Waals surface area contributed by atoms with Crippen molar-refractivity contribution in [1.29, 1.82) is 0 Å². The van der Waals surface area contributed by atoms with Gasteiger partial charge in [0.15, 0.2) is 6.29 Å². The third kappa shape index (κ3) is 4.60. The lowest BCUT2D eigenvalue weighted by Crippen LogP contribution is -2.32. The first-order valence-corrected chi connectivity index (χ1v) is 7.02. The quantitative estimate of drug-likeness (QED) is 0.523. The van der Waals surface area contributed by atoms with Crippen molar-refractivity contribution in [1.82, 2.24) is 0 Å². The van der Waals surface area contributed by atoms with E-state index in [4.69, 9.17) is 21.1 Å². The van der Waals surface area contributed by atoms with Gasteiger partial charge in [0.25, 0.3) is 0 Å². The molecule has 1 saturated carbocycles. The van der Waals surface area contributed by atoms with Crippen molar-refractivity contribution in [2.75, 3.05) is 6.61 Å². The molecule has 0 radical (unpaired) electrons. The summed E-state index contributed by atoms with van der Waals surface area (Å²) in [5.41, 5.74) is 0. The molecular formula is C13H25ClO2. The number of hydrogen-bond acceptors (Lipinski definition) is 2. The van der Waals surface area contributed by atoms with Crippen LogP contribution < -0.4 is 0 Å². The van der Waals surface area contributed by atoms with Crippen molar-refractivity contribution >= 4 is 11.6 Å². The second-order valence-corrected chi connectivity index (χ2v) is 5.25. The Kier molecular flexibility index (Phi) is 6.71. The standard InChI is InChI=1S/C13H25ClO2/c1-4-13(16-10(3)15-5-2)11-7-6-8-12(14)9-11/h10-13H,4-9H2,1-3H3. The first kappa shape index (κ1) is 14.3. The van der Waals surface area contributed by atoms with Gasteiger partial charge in [0.2, 0.25) is 0 Å². The SMILES string of the molecule is CCOC(C)OC(CC)C1CCCC(Cl)C1. The zero-order valence-electron chi connectivity index (χ0n) is 10.7. The summed E-state index contributed by atoms with van der Waals surface area (Å²) in [5.74, 6) is 0.615. The van der Waals surface area contributed by atoms with Crippen LogP contribution in [-0.2, 0) is 9.47 Å². The summed E-state index contributed by atoms with van der Waals surface area (Å²) < 4.78 is 11.4. The van der Waals surface area contributed by atoms with Gasteiger partial charge in [-0.2, -0.15) is 0 Å². The molecule has 96 valence electrons. The Balaban J connectivity index is 2.39. The predicted molar refractivity (Wildman–Crippen MR) is 67.9 cm³/mol. The Hall–Kier alpha value is 0.210. The van der Waals surface area contributed by atoms with E-state index in [0.29, 0.717) is 24.0 Å². The van der Waals surface area contributed by atoms with Gasteiger partial charge in [0.05, 0.1) is 6.10 Å². The third-order valence-corrected chi connectivity index (χ3v) is 3.74. The minimum Gasteiger partial charge on any atom is -0.353 e. The summed E-state index contributed by atoms with van der Waals surface area (Å²) >= 11 is 6.22. The zero-order chi connectivity index (χ0) is 12.0. The molecule has 0 aliphatic heterocycles. The number of alkyl halides is 1. The molecule has 1 aliphatic carbocycles. The van der Waals surface area contributed by atoms with Gasteiger partial charge in [-0.15, -0.1) is 11.6 Å². The molecule has 4 atom stereocenters. The van der Waals surface area contributed by atoms with Crippen LogP contribution in [0.25, 0.3) is 0 Å². The van der Waals surface area contributed by atoms with E-state index in [1.165, 1.54) is 12.8 Å². The van der Waals surface area contributed by atoms with Gasteiger partial charge in [-0.25, -0.2) is 0 Å². The van der Waals surface area contributed by atoms with Gasteiger partial charge < -0.3 is 9.47 Å². The van der Waals surface area contributed by atoms with E-state index < -0.39 is 0 Å². The molecule has 2 nitrogen and oxygen atoms in total. The minimum absolute atomic E-state index is 0.0920. The average Bonchev–Trinajstić information content (AvgIpc) is 2.26. The van der Waals surface area contributed by atoms with E-state index in [-0.39, 0.29) is 6.29 Å². The van der Waals surface area contributed by atoms with Crippen molar-refractivity contribution in [3.05, 3.63) is 0 Å². The highest BCUT2D eigenvalue weighted by molar-refractivity contribution is 6.20. The molecule has 1 fully saturated rings. The molecule has 3 heteroatoms. The minimum atomic E-state index is -0.0920. The van der Waals surface area contributed by atoms with E-state index in [9.17, 15) is 0 Å². The molecule has 0 amide bonds. The van der Waals surface area contributed by atoms with Gasteiger partial charge in [0.1, 0.15) is 0 Å². The summed E-state index contributed by atoms with van der Waals surface area (Å²) in [6.07, 6.45) is 6.01. The fourth-order valence-corrected chi connectivity index (χ4v) is 2.95. The Bertz CT molecular complexity index is 187. The lowest BCUT2D eigenvalue weighted by Gasteiger charge is -2.33. The van der Waals surface area contributed by atoms with E-state index >= 15 is 0 Å². The van der Waals surface area contributed by atoms with Gasteiger partial charge in [-0.05, 0) is 45.4 Å². The number of hydrogen-bond donors (Lipinski definition) is 0. The number of ether oxygens (including phenoxy) is 2. The maximum atomic E-state index is 6.22. The number of rotatable bonds is 6. The fraction of sp³-hybridized carbons (Fsp3) is 1.00. The van der Waals surface area contributed by atoms with Crippen molar-refractivity contribution in [2.45, 2.75) is 70.6 Å². The molecule has 0 aromatic heterocycles. The van der Waals surface area contributed by atoms with Crippen LogP contribution >= 0.6 is 11.6 Å². The largest absolute Gasteiger partial charge is 0.353 e. The van der Waals surface area contributed by atoms with Gasteiger partial charge in [-0.1, -0.05) is 13.3 Å². The summed E-state index contributed by atoms with van der Waals surface area (Å²) in [4.78, 5) is 0. The van der Waals surface area contributed by atoms with Gasteiger partial charge in [-0.3, -0.25) is 0 Å². The van der Waals surface area contributed by atoms with Crippen molar-refractivity contribution in [3.8, 4) is 0 Å². The summed E-state index contributed by atoms with van der Waals surface area (Å²) in [7, 11) is 0. The normalized spacial score (nSPS) is 30.0. The summed E-state index contributed by atoms with van der Waals surface area (Å²) in [6.45, 7) is 6.87. The van der Waals surface area contributed by atoms with E-state index in [0.717, 1.165) is 19.3 Å². The first-order valence-electron chi connectivity index (χ1n) is 6.58. The molecule has 0 bridgehead atoms. The molecular weight excluding hydrogens is 224 g/mol. The molecule has 0 saturated heterocycles. The second kappa shape index (κ2) is 7.52. The van der Waals surface area contributed by atoms with Crippen molar-refractivity contribution in [2.24, 2.45) is 5.92 Å². The Morgan fingerprint density at radius 3 is 2.62 bits per heavy atom. The number of halogens is 1. The molecule has 16 heavy (non-hydrogen) atoms. The zero-order valence-corrected chi connectivity index (χ0v) is 11.5. The monoisotopic (exact) mass is 248 g/mol. The van der Waals surface area contributed by atoms with Crippen LogP contribution in [0.1, 0.15) is 52.9 Å². The van der Waals surface area contributed by atoms with Gasteiger partial charge >= 0.3 is 0 Å². The Labute approximate surface area is 105 Å². The van der Waals surface area contributed by atoms with Crippen LogP contribution in [0.15, 0.2) is 0 Å². The summed E-state index contributed by atoms with van der Waals surface area (Å²) in [5, 5.41) is 0.346. The van der Waals surface area contributed by atoms with Crippen LogP contribution in [0.2, 0.25) is 0 Å². The molecule has 0 aromatic carbocycles. The van der Waals surface area contributed by atoms with Crippen LogP contribution in [0.4, 0.5) is 0 Å². The highest BCUT2D eigenvalue weighted by Gasteiger charge is 2.28. The maximum Gasteiger partial charge on any atom is 0.155 e. The topological polar surface area (TPSA) is 18.5 Å². The lowest BCUT2D eigenvalue weighted by molar-refractivity contribution is -0.173. The fourth-order valence-electron chi connectivity index (χ4n) is 2.56. The van der Waals surface area contributed by atoms with Crippen LogP contribution in [0.3, 0.4) is 0 Å². The summed E-state index contributed by atoms with van der Waals surface area (Å²) in [6, 6.07) is 0. The average molecular weight is 249 g/mol. The van der Waals surface area contributed by atoms with Crippen LogP contribution in [0, 0.1) is 5.92 Å². The van der Waals surface area contributed by atoms with E-state index in [2.05, 4.69) is 6.92 Å². The predicted octanol–water partition coefficient (Wildman–Crippen LogP) is 3.96. The highest BCUT2D eigenvalue weighted by Crippen LogP contribution is 2.32. The Morgan fingerprint density at radius 2 is 2.06 bits per heavy atom. The Morgan fingerprint density at radius 1 is 1.31 bits per heavy atom. The molecule has 1 aliphatic rings. The van der Waals surface area contributed by atoms with Crippen LogP contribution in [-0.4, -0.2) is 24.4 Å². The van der Waals surface area contributed by atoms with Gasteiger partial charge in [0, 0.05) is 12.0 Å². The first-order chi connectivity index (χ1) is 7.67. The van der Waals surface area contributed by atoms with Crippen molar-refractivity contribution < 1.29 is 9.47 Å². The molecule has 0 N–H and O–H groups in total. The molecule has 1 rings (SSSR count). The van der Waals surface area contributed by atoms with Crippen molar-refractivity contribution in [3.63, 3.8) is 0 Å². The highest BCUT2D eigenvalue weighted by atomic mass is 35.5. The second-order valence-electron chi connectivity index (χ2n) is 4.63. The smallest absolute Gasteiger partial charge is 0.155 e. The molecule has 4 unspecified atom stereocenters. The lowest BCUT2D eigenvalue weighted by atomic mass is 9.84. The van der Waals surface area contributed by atoms with E-state index in [1.54, 1.807) is 0 Å². The van der Waals surface area contributed by atoms with E-state index in [1.807, 2.05) is 13.8 Å².